The first kappa shape index (κ1) is 19.0. The van der Waals surface area contributed by atoms with Crippen molar-refractivity contribution in [1.29, 1.82) is 0 Å². The predicted octanol–water partition coefficient (Wildman–Crippen LogP) is 2.94. The smallest absolute Gasteiger partial charge is 0.279 e. The Morgan fingerprint density at radius 3 is 2.28 bits per heavy atom. The Morgan fingerprint density at radius 2 is 1.72 bits per heavy atom. The zero-order chi connectivity index (χ0) is 18.6. The molecule has 0 N–H and O–H groups in total. The third kappa shape index (κ3) is 4.22. The van der Waals surface area contributed by atoms with Crippen molar-refractivity contribution in [3.63, 3.8) is 0 Å². The maximum Gasteiger partial charge on any atom is 0.289 e. The fraction of sp³-hybridized carbons (Fsp3) is 0.188. The minimum atomic E-state index is -4.33. The van der Waals surface area contributed by atoms with Crippen LogP contribution in [0, 0.1) is 10.1 Å². The zero-order valence-electron chi connectivity index (χ0n) is 13.2. The van der Waals surface area contributed by atoms with Crippen LogP contribution in [0.2, 0.25) is 0 Å². The summed E-state index contributed by atoms with van der Waals surface area (Å²) < 4.78 is 26.9. The summed E-state index contributed by atoms with van der Waals surface area (Å²) in [5, 5.41) is 10.3. The van der Waals surface area contributed by atoms with E-state index in [0.29, 0.717) is 5.56 Å². The predicted molar refractivity (Wildman–Crippen MR) is 92.6 cm³/mol. The number of rotatable bonds is 7. The van der Waals surface area contributed by atoms with Gasteiger partial charge in [0.15, 0.2) is 4.90 Å². The molecule has 7 nitrogen and oxygen atoms in total. The molecule has 132 valence electrons. The normalized spacial score (nSPS) is 12.8. The van der Waals surface area contributed by atoms with Gasteiger partial charge in [-0.05, 0) is 30.2 Å². The van der Waals surface area contributed by atoms with Crippen molar-refractivity contribution >= 4 is 32.6 Å². The van der Waals surface area contributed by atoms with E-state index >= 15 is 0 Å². The lowest BCUT2D eigenvalue weighted by atomic mass is 10.2. The molecule has 0 heterocycles. The maximum absolute atomic E-state index is 13.0. The summed E-state index contributed by atoms with van der Waals surface area (Å²) >= 11 is 5.51. The van der Waals surface area contributed by atoms with E-state index < -0.39 is 36.8 Å². The molecule has 0 aliphatic heterocycles. The van der Waals surface area contributed by atoms with E-state index in [4.69, 9.17) is 11.6 Å². The van der Waals surface area contributed by atoms with Crippen molar-refractivity contribution in [1.82, 2.24) is 4.31 Å². The second kappa shape index (κ2) is 7.73. The van der Waals surface area contributed by atoms with Crippen LogP contribution in [0.25, 0.3) is 0 Å². The van der Waals surface area contributed by atoms with E-state index in [1.807, 2.05) is 0 Å². The number of nitro benzene ring substituents is 1. The van der Waals surface area contributed by atoms with Crippen LogP contribution in [-0.4, -0.2) is 28.9 Å². The summed E-state index contributed by atoms with van der Waals surface area (Å²) in [6, 6.07) is 12.4. The van der Waals surface area contributed by atoms with Gasteiger partial charge >= 0.3 is 0 Å². The molecule has 0 radical (unpaired) electrons. The molecule has 1 unspecified atom stereocenters. The third-order valence-corrected chi connectivity index (χ3v) is 5.87. The Balaban J connectivity index is 2.56. The van der Waals surface area contributed by atoms with Crippen molar-refractivity contribution in [3.05, 3.63) is 70.3 Å². The molecule has 1 atom stereocenters. The molecule has 9 heteroatoms. The van der Waals surface area contributed by atoms with Crippen molar-refractivity contribution in [3.8, 4) is 0 Å². The Morgan fingerprint density at radius 1 is 1.16 bits per heavy atom. The van der Waals surface area contributed by atoms with Crippen molar-refractivity contribution < 1.29 is 18.1 Å². The standard InChI is InChI=1S/C16H15ClN2O5S/c1-12(16(17)20)18(11-13-7-3-2-4-8-13)25(23,24)15-10-6-5-9-14(15)19(21)22/h2-10,12H,11H2,1H3. The van der Waals surface area contributed by atoms with Crippen LogP contribution in [0.1, 0.15) is 12.5 Å². The molecule has 0 saturated heterocycles. The summed E-state index contributed by atoms with van der Waals surface area (Å²) in [5.74, 6) is 0. The summed E-state index contributed by atoms with van der Waals surface area (Å²) in [5.41, 5.74) is 0.0595. The maximum atomic E-state index is 13.0. The summed E-state index contributed by atoms with van der Waals surface area (Å²) in [6.45, 7) is 1.19. The molecule has 0 aliphatic carbocycles. The van der Waals surface area contributed by atoms with Gasteiger partial charge < -0.3 is 0 Å². The molecule has 2 aromatic carbocycles. The number of hydrogen-bond donors (Lipinski definition) is 0. The van der Waals surface area contributed by atoms with Gasteiger partial charge in [-0.15, -0.1) is 0 Å². The van der Waals surface area contributed by atoms with E-state index in [-0.39, 0.29) is 6.54 Å². The first-order valence-corrected chi connectivity index (χ1v) is 9.05. The van der Waals surface area contributed by atoms with Gasteiger partial charge in [0.1, 0.15) is 0 Å². The molecule has 25 heavy (non-hydrogen) atoms. The molecule has 2 aromatic rings. The topological polar surface area (TPSA) is 97.6 Å². The largest absolute Gasteiger partial charge is 0.289 e. The molecule has 0 fully saturated rings. The van der Waals surface area contributed by atoms with Gasteiger partial charge in [0.05, 0.1) is 11.0 Å². The highest BCUT2D eigenvalue weighted by Crippen LogP contribution is 2.29. The number of para-hydroxylation sites is 1. The van der Waals surface area contributed by atoms with E-state index in [2.05, 4.69) is 0 Å². The van der Waals surface area contributed by atoms with Crippen LogP contribution in [0.15, 0.2) is 59.5 Å². The molecule has 0 bridgehead atoms. The van der Waals surface area contributed by atoms with Crippen LogP contribution in [-0.2, 0) is 21.4 Å². The molecule has 0 amide bonds. The average Bonchev–Trinajstić information content (AvgIpc) is 2.59. The van der Waals surface area contributed by atoms with E-state index in [0.717, 1.165) is 16.4 Å². The SMILES string of the molecule is CC(C(=O)Cl)N(Cc1ccccc1)S(=O)(=O)c1ccccc1[N+](=O)[O-]. The Bertz CT molecular complexity index is 886. The lowest BCUT2D eigenvalue weighted by molar-refractivity contribution is -0.387. The third-order valence-electron chi connectivity index (χ3n) is 3.59. The Hall–Kier alpha value is -2.29. The van der Waals surface area contributed by atoms with Crippen LogP contribution in [0.4, 0.5) is 5.69 Å². The van der Waals surface area contributed by atoms with Gasteiger partial charge in [0.25, 0.3) is 15.7 Å². The minimum absolute atomic E-state index is 0.144. The Kier molecular flexibility index (Phi) is 5.89. The minimum Gasteiger partial charge on any atom is -0.279 e. The fourth-order valence-electron chi connectivity index (χ4n) is 2.26. The van der Waals surface area contributed by atoms with Gasteiger partial charge in [0.2, 0.25) is 5.24 Å². The highest BCUT2D eigenvalue weighted by atomic mass is 35.5. The van der Waals surface area contributed by atoms with Gasteiger partial charge in [-0.1, -0.05) is 42.5 Å². The molecule has 0 spiro atoms. The number of hydrogen-bond acceptors (Lipinski definition) is 5. The average molecular weight is 383 g/mol. The molecular formula is C16H15ClN2O5S. The van der Waals surface area contributed by atoms with Gasteiger partial charge in [-0.2, -0.15) is 4.31 Å². The highest BCUT2D eigenvalue weighted by molar-refractivity contribution is 7.89. The number of carbonyl (C=O) groups excluding carboxylic acids is 1. The van der Waals surface area contributed by atoms with Gasteiger partial charge in [0, 0.05) is 12.6 Å². The second-order valence-corrected chi connectivity index (χ2v) is 7.47. The summed E-state index contributed by atoms with van der Waals surface area (Å²) in [6.07, 6.45) is 0. The highest BCUT2D eigenvalue weighted by Gasteiger charge is 2.36. The lowest BCUT2D eigenvalue weighted by Gasteiger charge is -2.26. The zero-order valence-corrected chi connectivity index (χ0v) is 14.8. The van der Waals surface area contributed by atoms with Gasteiger partial charge in [-0.3, -0.25) is 14.9 Å². The van der Waals surface area contributed by atoms with Crippen LogP contribution in [0.3, 0.4) is 0 Å². The van der Waals surface area contributed by atoms with Crippen LogP contribution < -0.4 is 0 Å². The second-order valence-electron chi connectivity index (χ2n) is 5.24. The van der Waals surface area contributed by atoms with Crippen molar-refractivity contribution in [2.24, 2.45) is 0 Å². The molecule has 2 rings (SSSR count). The van der Waals surface area contributed by atoms with Crippen LogP contribution in [0.5, 0.6) is 0 Å². The lowest BCUT2D eigenvalue weighted by Crippen LogP contribution is -2.41. The Labute approximate surface area is 150 Å². The number of sulfonamides is 1. The summed E-state index contributed by atoms with van der Waals surface area (Å²) in [7, 11) is -4.33. The van der Waals surface area contributed by atoms with Crippen LogP contribution >= 0.6 is 11.6 Å². The monoisotopic (exact) mass is 382 g/mol. The number of benzene rings is 2. The summed E-state index contributed by atoms with van der Waals surface area (Å²) in [4.78, 5) is 21.5. The van der Waals surface area contributed by atoms with Crippen molar-refractivity contribution in [2.75, 3.05) is 0 Å². The molecule has 0 saturated carbocycles. The van der Waals surface area contributed by atoms with E-state index in [1.54, 1.807) is 30.3 Å². The fourth-order valence-corrected chi connectivity index (χ4v) is 4.18. The number of halogens is 1. The van der Waals surface area contributed by atoms with Gasteiger partial charge in [-0.25, -0.2) is 8.42 Å². The first-order chi connectivity index (χ1) is 11.7. The van der Waals surface area contributed by atoms with Crippen molar-refractivity contribution in [2.45, 2.75) is 24.4 Å². The number of nitrogens with zero attached hydrogens (tertiary/aromatic N) is 2. The molecular weight excluding hydrogens is 368 g/mol. The van der Waals surface area contributed by atoms with E-state index in [9.17, 15) is 23.3 Å². The number of nitro groups is 1. The molecule has 0 aromatic heterocycles. The number of carbonyl (C=O) groups is 1. The first-order valence-electron chi connectivity index (χ1n) is 7.23. The van der Waals surface area contributed by atoms with E-state index in [1.165, 1.54) is 19.1 Å². The molecule has 0 aliphatic rings. The quantitative estimate of drug-likeness (QED) is 0.416.